The van der Waals surface area contributed by atoms with Crippen LogP contribution in [-0.2, 0) is 0 Å². The lowest BCUT2D eigenvalue weighted by atomic mass is 10.1. The maximum absolute atomic E-state index is 6.36. The van der Waals surface area contributed by atoms with Crippen molar-refractivity contribution in [1.82, 2.24) is 5.32 Å². The molecule has 4 heteroatoms. The summed E-state index contributed by atoms with van der Waals surface area (Å²) in [6.07, 6.45) is 2.03. The van der Waals surface area contributed by atoms with Crippen molar-refractivity contribution in [2.75, 3.05) is 12.8 Å². The lowest BCUT2D eigenvalue weighted by molar-refractivity contribution is 0.470. The Morgan fingerprint density at radius 3 is 2.62 bits per heavy atom. The van der Waals surface area contributed by atoms with Gasteiger partial charge in [0, 0.05) is 10.9 Å². The fraction of sp³-hybridized carbons (Fsp3) is 0.294. The van der Waals surface area contributed by atoms with Gasteiger partial charge >= 0.3 is 0 Å². The van der Waals surface area contributed by atoms with Gasteiger partial charge in [0.05, 0.1) is 5.02 Å². The first-order valence-electron chi connectivity index (χ1n) is 6.99. The summed E-state index contributed by atoms with van der Waals surface area (Å²) in [5, 5.41) is 4.01. The van der Waals surface area contributed by atoms with Gasteiger partial charge in [-0.3, -0.25) is 0 Å². The van der Waals surface area contributed by atoms with Gasteiger partial charge in [0.1, 0.15) is 11.5 Å². The Bertz CT molecular complexity index is 603. The summed E-state index contributed by atoms with van der Waals surface area (Å²) in [5.41, 5.74) is 1.16. The van der Waals surface area contributed by atoms with E-state index < -0.39 is 0 Å². The van der Waals surface area contributed by atoms with Gasteiger partial charge in [-0.25, -0.2) is 0 Å². The zero-order chi connectivity index (χ0) is 15.2. The zero-order valence-corrected chi connectivity index (χ0v) is 14.1. The summed E-state index contributed by atoms with van der Waals surface area (Å²) in [5.74, 6) is 1.52. The van der Waals surface area contributed by atoms with Gasteiger partial charge in [-0.05, 0) is 49.6 Å². The van der Waals surface area contributed by atoms with Crippen LogP contribution in [0.25, 0.3) is 0 Å². The highest BCUT2D eigenvalue weighted by atomic mass is 35.5. The Balaban J connectivity index is 2.21. The summed E-state index contributed by atoms with van der Waals surface area (Å²) in [7, 11) is 0. The summed E-state index contributed by atoms with van der Waals surface area (Å²) >= 11 is 8.02. The van der Waals surface area contributed by atoms with Crippen LogP contribution in [0.4, 0.5) is 0 Å². The van der Waals surface area contributed by atoms with Crippen molar-refractivity contribution in [2.24, 2.45) is 0 Å². The van der Waals surface area contributed by atoms with E-state index in [1.54, 1.807) is 11.8 Å². The van der Waals surface area contributed by atoms with Gasteiger partial charge in [-0.1, -0.05) is 36.7 Å². The van der Waals surface area contributed by atoms with E-state index in [-0.39, 0.29) is 6.04 Å². The highest BCUT2D eigenvalue weighted by molar-refractivity contribution is 7.98. The van der Waals surface area contributed by atoms with Crippen molar-refractivity contribution < 1.29 is 4.74 Å². The second-order valence-electron chi connectivity index (χ2n) is 4.72. The fourth-order valence-corrected chi connectivity index (χ4v) is 2.87. The van der Waals surface area contributed by atoms with Crippen molar-refractivity contribution in [1.29, 1.82) is 0 Å². The third-order valence-corrected chi connectivity index (χ3v) is 4.33. The summed E-state index contributed by atoms with van der Waals surface area (Å²) in [4.78, 5) is 1.10. The van der Waals surface area contributed by atoms with E-state index in [1.807, 2.05) is 42.7 Å². The molecule has 0 aliphatic carbocycles. The molecule has 1 atom stereocenters. The molecule has 0 amide bonds. The van der Waals surface area contributed by atoms with Crippen LogP contribution in [0.1, 0.15) is 25.5 Å². The van der Waals surface area contributed by atoms with E-state index >= 15 is 0 Å². The molecule has 0 radical (unpaired) electrons. The maximum Gasteiger partial charge on any atom is 0.146 e. The van der Waals surface area contributed by atoms with Crippen LogP contribution >= 0.6 is 23.4 Å². The number of benzene rings is 2. The molecule has 2 nitrogen and oxygen atoms in total. The average molecular weight is 322 g/mol. The van der Waals surface area contributed by atoms with Crippen molar-refractivity contribution >= 4 is 23.4 Å². The Morgan fingerprint density at radius 2 is 1.95 bits per heavy atom. The molecule has 0 aliphatic rings. The molecule has 0 saturated heterocycles. The van der Waals surface area contributed by atoms with Crippen LogP contribution in [0.5, 0.6) is 11.5 Å². The standard InChI is InChI=1S/C17H20ClNOS/c1-4-19-12(2)13-9-10-15(14(18)11-13)20-16-7-5-6-8-17(16)21-3/h5-12,19H,4H2,1-3H3. The first-order valence-corrected chi connectivity index (χ1v) is 8.59. The van der Waals surface area contributed by atoms with Crippen LogP contribution in [0.3, 0.4) is 0 Å². The fourth-order valence-electron chi connectivity index (χ4n) is 2.11. The van der Waals surface area contributed by atoms with Gasteiger partial charge in [-0.2, -0.15) is 0 Å². The van der Waals surface area contributed by atoms with E-state index in [0.717, 1.165) is 22.8 Å². The Labute approximate surface area is 135 Å². The molecule has 0 aliphatic heterocycles. The summed E-state index contributed by atoms with van der Waals surface area (Å²) in [6.45, 7) is 5.14. The van der Waals surface area contributed by atoms with Crippen LogP contribution in [-0.4, -0.2) is 12.8 Å². The number of ether oxygens (including phenoxy) is 1. The number of nitrogens with one attached hydrogen (secondary N) is 1. The van der Waals surface area contributed by atoms with Crippen molar-refractivity contribution in [3.63, 3.8) is 0 Å². The topological polar surface area (TPSA) is 21.3 Å². The highest BCUT2D eigenvalue weighted by Gasteiger charge is 2.10. The molecule has 1 N–H and O–H groups in total. The van der Waals surface area contributed by atoms with E-state index in [0.29, 0.717) is 10.8 Å². The molecule has 2 rings (SSSR count). The van der Waals surface area contributed by atoms with Crippen molar-refractivity contribution in [2.45, 2.75) is 24.8 Å². The molecule has 21 heavy (non-hydrogen) atoms. The van der Waals surface area contributed by atoms with Crippen molar-refractivity contribution in [3.05, 3.63) is 53.1 Å². The third-order valence-electron chi connectivity index (χ3n) is 3.26. The molecular formula is C17H20ClNOS. The van der Waals surface area contributed by atoms with Crippen LogP contribution < -0.4 is 10.1 Å². The lowest BCUT2D eigenvalue weighted by Gasteiger charge is -2.15. The predicted octanol–water partition coefficient (Wildman–Crippen LogP) is 5.52. The Hall–Kier alpha value is -1.16. The quantitative estimate of drug-likeness (QED) is 0.707. The number of para-hydroxylation sites is 1. The SMILES string of the molecule is CCNC(C)c1ccc(Oc2ccccc2SC)c(Cl)c1. The molecule has 1 unspecified atom stereocenters. The smallest absolute Gasteiger partial charge is 0.146 e. The molecule has 0 saturated carbocycles. The maximum atomic E-state index is 6.36. The van der Waals surface area contributed by atoms with Crippen LogP contribution in [0.2, 0.25) is 5.02 Å². The first kappa shape index (κ1) is 16.2. The van der Waals surface area contributed by atoms with Crippen LogP contribution in [0.15, 0.2) is 47.4 Å². The summed E-state index contributed by atoms with van der Waals surface area (Å²) < 4.78 is 5.95. The van der Waals surface area contributed by atoms with Gasteiger partial charge in [0.2, 0.25) is 0 Å². The first-order chi connectivity index (χ1) is 10.2. The highest BCUT2D eigenvalue weighted by Crippen LogP contribution is 2.35. The number of halogens is 1. The molecule has 0 bridgehead atoms. The lowest BCUT2D eigenvalue weighted by Crippen LogP contribution is -2.17. The number of rotatable bonds is 6. The largest absolute Gasteiger partial charge is 0.455 e. The summed E-state index contributed by atoms with van der Waals surface area (Å²) in [6, 6.07) is 14.2. The van der Waals surface area contributed by atoms with Crippen molar-refractivity contribution in [3.8, 4) is 11.5 Å². The normalized spacial score (nSPS) is 12.2. The van der Waals surface area contributed by atoms with Gasteiger partial charge in [-0.15, -0.1) is 11.8 Å². The second kappa shape index (κ2) is 7.74. The molecule has 0 heterocycles. The average Bonchev–Trinajstić information content (AvgIpc) is 2.50. The van der Waals surface area contributed by atoms with E-state index in [4.69, 9.17) is 16.3 Å². The zero-order valence-electron chi connectivity index (χ0n) is 12.5. The molecule has 2 aromatic rings. The van der Waals surface area contributed by atoms with Crippen LogP contribution in [0, 0.1) is 0 Å². The molecule has 0 fully saturated rings. The molecule has 2 aromatic carbocycles. The molecular weight excluding hydrogens is 302 g/mol. The second-order valence-corrected chi connectivity index (χ2v) is 5.98. The number of thioether (sulfide) groups is 1. The number of hydrogen-bond acceptors (Lipinski definition) is 3. The van der Waals surface area contributed by atoms with E-state index in [2.05, 4.69) is 25.2 Å². The minimum Gasteiger partial charge on any atom is -0.455 e. The minimum absolute atomic E-state index is 0.278. The minimum atomic E-state index is 0.278. The monoisotopic (exact) mass is 321 g/mol. The van der Waals surface area contributed by atoms with E-state index in [1.165, 1.54) is 0 Å². The van der Waals surface area contributed by atoms with Gasteiger partial charge < -0.3 is 10.1 Å². The van der Waals surface area contributed by atoms with Gasteiger partial charge in [0.25, 0.3) is 0 Å². The molecule has 0 spiro atoms. The Morgan fingerprint density at radius 1 is 1.19 bits per heavy atom. The molecule has 0 aromatic heterocycles. The number of hydrogen-bond donors (Lipinski definition) is 1. The third kappa shape index (κ3) is 4.16. The van der Waals surface area contributed by atoms with E-state index in [9.17, 15) is 0 Å². The van der Waals surface area contributed by atoms with Gasteiger partial charge in [0.15, 0.2) is 0 Å². The molecule has 112 valence electrons. The Kier molecular flexibility index (Phi) is 5.97. The predicted molar refractivity (Wildman–Crippen MR) is 91.8 cm³/mol.